The molecule has 252 valence electrons. The lowest BCUT2D eigenvalue weighted by molar-refractivity contribution is -0.337. The van der Waals surface area contributed by atoms with Gasteiger partial charge in [-0.05, 0) is 57.6 Å². The molecule has 14 atom stereocenters. The van der Waals surface area contributed by atoms with Crippen molar-refractivity contribution < 1.29 is 52.7 Å². The van der Waals surface area contributed by atoms with Gasteiger partial charge in [-0.15, -0.1) is 0 Å². The molecule has 6 aliphatic rings. The third kappa shape index (κ3) is 3.71. The Morgan fingerprint density at radius 3 is 2.30 bits per heavy atom. The summed E-state index contributed by atoms with van der Waals surface area (Å²) >= 11 is 0. The summed E-state index contributed by atoms with van der Waals surface area (Å²) in [4.78, 5) is 38.4. The van der Waals surface area contributed by atoms with Crippen molar-refractivity contribution in [2.45, 2.75) is 128 Å². The molecule has 2 N–H and O–H groups in total. The molecule has 0 amide bonds. The minimum Gasteiger partial charge on any atom is -0.472 e. The molecule has 46 heavy (non-hydrogen) atoms. The summed E-state index contributed by atoms with van der Waals surface area (Å²) in [6.45, 7) is 12.3. The Bertz CT molecular complexity index is 1470. The van der Waals surface area contributed by atoms with E-state index in [0.29, 0.717) is 18.4 Å². The van der Waals surface area contributed by atoms with Crippen molar-refractivity contribution in [1.29, 1.82) is 0 Å². The minimum atomic E-state index is -1.63. The second kappa shape index (κ2) is 10.1. The van der Waals surface area contributed by atoms with Crippen molar-refractivity contribution in [2.24, 2.45) is 28.1 Å². The van der Waals surface area contributed by atoms with Crippen molar-refractivity contribution in [3.63, 3.8) is 0 Å². The fourth-order valence-corrected chi connectivity index (χ4v) is 11.7. The molecule has 1 aromatic rings. The summed E-state index contributed by atoms with van der Waals surface area (Å²) < 4.78 is 37.3. The number of fused-ring (bicyclic) bond motifs is 2. The molecule has 2 spiro atoms. The molecular weight excluding hydrogens is 596 g/mol. The van der Waals surface area contributed by atoms with E-state index < -0.39 is 81.8 Å². The first-order valence-electron chi connectivity index (χ1n) is 16.5. The van der Waals surface area contributed by atoms with E-state index in [0.717, 1.165) is 5.56 Å². The van der Waals surface area contributed by atoms with Crippen LogP contribution in [0.3, 0.4) is 0 Å². The molecule has 1 aromatic heterocycles. The number of ether oxygens (including phenoxy) is 5. The molecule has 6 fully saturated rings. The van der Waals surface area contributed by atoms with Gasteiger partial charge in [-0.3, -0.25) is 9.59 Å². The van der Waals surface area contributed by atoms with Crippen LogP contribution in [0.15, 0.2) is 34.7 Å². The number of esters is 3. The maximum absolute atomic E-state index is 13.4. The Morgan fingerprint density at radius 1 is 0.978 bits per heavy atom. The number of hydrogen-bond acceptors (Lipinski definition) is 11. The van der Waals surface area contributed by atoms with Gasteiger partial charge in [-0.25, -0.2) is 4.79 Å². The van der Waals surface area contributed by atoms with Crippen LogP contribution in [0.25, 0.3) is 0 Å². The van der Waals surface area contributed by atoms with Gasteiger partial charge in [0, 0.05) is 53.9 Å². The first-order chi connectivity index (χ1) is 21.6. The van der Waals surface area contributed by atoms with Gasteiger partial charge in [-0.1, -0.05) is 19.9 Å². The molecule has 11 heteroatoms. The van der Waals surface area contributed by atoms with E-state index in [4.69, 9.17) is 28.1 Å². The summed E-state index contributed by atoms with van der Waals surface area (Å²) in [6.07, 6.45) is 1.81. The third-order valence-electron chi connectivity index (χ3n) is 13.4. The van der Waals surface area contributed by atoms with Gasteiger partial charge < -0.3 is 38.3 Å². The van der Waals surface area contributed by atoms with Gasteiger partial charge >= 0.3 is 17.9 Å². The Kier molecular flexibility index (Phi) is 7.02. The van der Waals surface area contributed by atoms with Gasteiger partial charge in [-0.2, -0.15) is 0 Å². The quantitative estimate of drug-likeness (QED) is 0.275. The number of aliphatic hydroxyl groups is 2. The van der Waals surface area contributed by atoms with E-state index in [-0.39, 0.29) is 37.4 Å². The number of allylic oxidation sites excluding steroid dienone is 1. The van der Waals surface area contributed by atoms with Gasteiger partial charge in [0.1, 0.15) is 29.5 Å². The average Bonchev–Trinajstić information content (AvgIpc) is 3.80. The highest BCUT2D eigenvalue weighted by atomic mass is 16.6. The van der Waals surface area contributed by atoms with Crippen molar-refractivity contribution >= 4 is 17.9 Å². The van der Waals surface area contributed by atoms with Crippen LogP contribution in [-0.2, 0) is 38.1 Å². The van der Waals surface area contributed by atoms with E-state index in [2.05, 4.69) is 6.92 Å². The van der Waals surface area contributed by atoms with Crippen molar-refractivity contribution in [3.05, 3.63) is 35.8 Å². The second-order valence-corrected chi connectivity index (χ2v) is 15.4. The van der Waals surface area contributed by atoms with E-state index in [1.165, 1.54) is 13.8 Å². The van der Waals surface area contributed by atoms with Gasteiger partial charge in [0.2, 0.25) is 0 Å². The number of carbonyl (C=O) groups is 3. The largest absolute Gasteiger partial charge is 0.472 e. The summed E-state index contributed by atoms with van der Waals surface area (Å²) in [5, 5.41) is 25.7. The Hall–Kier alpha value is -2.73. The normalized spacial score (nSPS) is 50.3. The highest BCUT2D eigenvalue weighted by molar-refractivity contribution is 5.87. The van der Waals surface area contributed by atoms with Crippen molar-refractivity contribution in [1.82, 2.24) is 0 Å². The first-order valence-corrected chi connectivity index (χ1v) is 16.5. The van der Waals surface area contributed by atoms with Crippen LogP contribution in [0.5, 0.6) is 0 Å². The molecule has 0 aromatic carbocycles. The lowest BCUT2D eigenvalue weighted by Gasteiger charge is -2.69. The molecule has 2 bridgehead atoms. The fraction of sp³-hybridized carbons (Fsp3) is 0.743. The number of aliphatic hydroxyl groups excluding tert-OH is 1. The van der Waals surface area contributed by atoms with Crippen LogP contribution in [-0.4, -0.2) is 82.6 Å². The Balaban J connectivity index is 1.43. The number of furan rings is 1. The topological polar surface area (TPSA) is 151 Å². The third-order valence-corrected chi connectivity index (χ3v) is 13.4. The zero-order valence-corrected chi connectivity index (χ0v) is 27.6. The monoisotopic (exact) mass is 642 g/mol. The fourth-order valence-electron chi connectivity index (χ4n) is 11.7. The molecule has 3 heterocycles. The molecule has 4 aliphatic carbocycles. The van der Waals surface area contributed by atoms with Crippen LogP contribution in [0.1, 0.15) is 85.6 Å². The van der Waals surface area contributed by atoms with E-state index in [1.54, 1.807) is 45.4 Å². The maximum atomic E-state index is 13.4. The standard InChI is InChI=1S/C35H46O11/c1-8-17(2)30(39)45-26-12-22(20-9-10-41-15-20)33(7,40)35(26)34-14-21(46-35)11-23(34)32(6)25(44-19(4)37)13-24(43-18(3)36)31(5)16-42-27(28(31)32)29(34)38/h8-10,15,21-29,38,40H,11-14,16H2,1-7H3/b17-8+/t21-,22-,23+,24+,25-,26-,27+,28-,29+,31+,32-,33-,34?,35+/m0/s1. The summed E-state index contributed by atoms with van der Waals surface area (Å²) in [6, 6.07) is 1.80. The lowest BCUT2D eigenvalue weighted by Crippen LogP contribution is -2.79. The van der Waals surface area contributed by atoms with Crippen LogP contribution in [0.2, 0.25) is 0 Å². The summed E-state index contributed by atoms with van der Waals surface area (Å²) in [5.74, 6) is -2.64. The molecule has 2 saturated heterocycles. The highest BCUT2D eigenvalue weighted by Gasteiger charge is 2.89. The van der Waals surface area contributed by atoms with E-state index in [1.807, 2.05) is 6.92 Å². The maximum Gasteiger partial charge on any atom is 0.333 e. The van der Waals surface area contributed by atoms with Crippen LogP contribution < -0.4 is 0 Å². The first kappa shape index (κ1) is 31.8. The molecule has 4 saturated carbocycles. The zero-order chi connectivity index (χ0) is 33.2. The predicted octanol–water partition coefficient (Wildman–Crippen LogP) is 3.60. The zero-order valence-electron chi connectivity index (χ0n) is 27.6. The number of hydrogen-bond donors (Lipinski definition) is 2. The lowest BCUT2D eigenvalue weighted by atomic mass is 9.38. The second-order valence-electron chi connectivity index (χ2n) is 15.4. The SMILES string of the molecule is C/C=C(\C)C(=O)O[C@H]1C[C@@H](c2ccoc2)[C@](C)(O)[C@]12O[C@H]1C[C@H]3C2(C1)[C@H](O)[C@@H]1OC[C@]2(C)[C@H](OC(C)=O)C[C@H](OC(C)=O)[C@@]3(C)[C@@H]12. The van der Waals surface area contributed by atoms with Crippen LogP contribution in [0, 0.1) is 28.1 Å². The highest BCUT2D eigenvalue weighted by Crippen LogP contribution is 2.80. The Labute approximate surface area is 268 Å². The summed E-state index contributed by atoms with van der Waals surface area (Å²) in [7, 11) is 0. The van der Waals surface area contributed by atoms with Crippen LogP contribution in [0.4, 0.5) is 0 Å². The smallest absolute Gasteiger partial charge is 0.333 e. The van der Waals surface area contributed by atoms with Gasteiger partial charge in [0.05, 0.1) is 37.4 Å². The van der Waals surface area contributed by atoms with Crippen molar-refractivity contribution in [2.75, 3.05) is 6.61 Å². The number of carbonyl (C=O) groups excluding carboxylic acids is 3. The molecule has 2 aliphatic heterocycles. The van der Waals surface area contributed by atoms with Crippen LogP contribution >= 0.6 is 0 Å². The average molecular weight is 643 g/mol. The van der Waals surface area contributed by atoms with Crippen molar-refractivity contribution in [3.8, 4) is 0 Å². The molecule has 11 nitrogen and oxygen atoms in total. The molecule has 7 rings (SSSR count). The molecule has 1 unspecified atom stereocenters. The van der Waals surface area contributed by atoms with Gasteiger partial charge in [0.25, 0.3) is 0 Å². The summed E-state index contributed by atoms with van der Waals surface area (Å²) in [5.41, 5.74) is -4.61. The van der Waals surface area contributed by atoms with E-state index >= 15 is 0 Å². The minimum absolute atomic E-state index is 0.229. The Morgan fingerprint density at radius 2 is 1.67 bits per heavy atom. The number of rotatable bonds is 5. The van der Waals surface area contributed by atoms with E-state index in [9.17, 15) is 24.6 Å². The molecular formula is C35H46O11. The molecule has 0 radical (unpaired) electrons. The predicted molar refractivity (Wildman–Crippen MR) is 160 cm³/mol. The van der Waals surface area contributed by atoms with Gasteiger partial charge in [0.15, 0.2) is 0 Å².